The van der Waals surface area contributed by atoms with Gasteiger partial charge in [0.1, 0.15) is 11.6 Å². The molecule has 1 amide bonds. The highest BCUT2D eigenvalue weighted by molar-refractivity contribution is 5.95. The first kappa shape index (κ1) is 20.2. The van der Waals surface area contributed by atoms with Gasteiger partial charge < -0.3 is 19.3 Å². The van der Waals surface area contributed by atoms with Gasteiger partial charge in [-0.3, -0.25) is 4.79 Å². The minimum Gasteiger partial charge on any atom is -0.454 e. The number of benzene rings is 2. The highest BCUT2D eigenvalue weighted by atomic mass is 19.1. The number of halogens is 1. The fraction of sp³-hybridized carbons (Fsp3) is 0.292. The van der Waals surface area contributed by atoms with Gasteiger partial charge in [0.25, 0.3) is 5.91 Å². The van der Waals surface area contributed by atoms with Crippen LogP contribution in [0.5, 0.6) is 11.5 Å². The number of piperazine rings is 1. The van der Waals surface area contributed by atoms with Gasteiger partial charge in [0.05, 0.1) is 0 Å². The number of aromatic nitrogens is 2. The van der Waals surface area contributed by atoms with Crippen LogP contribution in [0.1, 0.15) is 21.6 Å². The summed E-state index contributed by atoms with van der Waals surface area (Å²) in [6.07, 6.45) is 0. The molecule has 3 heterocycles. The van der Waals surface area contributed by atoms with Gasteiger partial charge in [0, 0.05) is 48.6 Å². The minimum absolute atomic E-state index is 0.0287. The Hall–Kier alpha value is -3.68. The summed E-state index contributed by atoms with van der Waals surface area (Å²) in [6.45, 7) is 6.55. The third kappa shape index (κ3) is 3.72. The molecule has 1 fully saturated rings. The molecule has 0 aliphatic carbocycles. The van der Waals surface area contributed by atoms with Crippen LogP contribution >= 0.6 is 0 Å². The normalized spacial score (nSPS) is 15.2. The van der Waals surface area contributed by atoms with E-state index in [1.54, 1.807) is 30.3 Å². The Kier molecular flexibility index (Phi) is 5.13. The Labute approximate surface area is 185 Å². The van der Waals surface area contributed by atoms with Crippen molar-refractivity contribution in [3.8, 4) is 22.9 Å². The number of rotatable bonds is 3. The number of fused-ring (bicyclic) bond motifs is 1. The quantitative estimate of drug-likeness (QED) is 0.628. The number of aryl methyl sites for hydroxylation is 1. The number of amides is 1. The van der Waals surface area contributed by atoms with Gasteiger partial charge in [0.2, 0.25) is 6.79 Å². The molecule has 0 atom stereocenters. The summed E-state index contributed by atoms with van der Waals surface area (Å²) in [4.78, 5) is 26.3. The van der Waals surface area contributed by atoms with Crippen LogP contribution in [0, 0.1) is 19.7 Å². The van der Waals surface area contributed by atoms with E-state index in [9.17, 15) is 9.18 Å². The number of carbonyl (C=O) groups excluding carboxylic acids is 1. The van der Waals surface area contributed by atoms with Crippen LogP contribution < -0.4 is 14.4 Å². The second-order valence-electron chi connectivity index (χ2n) is 7.94. The molecule has 164 valence electrons. The predicted molar refractivity (Wildman–Crippen MR) is 118 cm³/mol. The molecule has 2 aliphatic rings. The molecule has 1 saturated heterocycles. The molecule has 0 N–H and O–H groups in total. The summed E-state index contributed by atoms with van der Waals surface area (Å²) in [7, 11) is 0. The summed E-state index contributed by atoms with van der Waals surface area (Å²) in [5, 5.41) is 0. The zero-order valence-corrected chi connectivity index (χ0v) is 18.0. The SMILES string of the molecule is Cc1nc(-c2cccc(F)c2)nc(N2CCN(C(=O)c3ccc4c(c3)OCO4)CC2)c1C. The molecule has 7 nitrogen and oxygen atoms in total. The van der Waals surface area contributed by atoms with E-state index in [1.165, 1.54) is 12.1 Å². The largest absolute Gasteiger partial charge is 0.454 e. The first-order chi connectivity index (χ1) is 15.5. The second kappa shape index (κ2) is 8.11. The van der Waals surface area contributed by atoms with Gasteiger partial charge in [0.15, 0.2) is 17.3 Å². The Morgan fingerprint density at radius 1 is 0.969 bits per heavy atom. The maximum Gasteiger partial charge on any atom is 0.254 e. The van der Waals surface area contributed by atoms with Crippen molar-refractivity contribution in [2.24, 2.45) is 0 Å². The smallest absolute Gasteiger partial charge is 0.254 e. The summed E-state index contributed by atoms with van der Waals surface area (Å²) < 4.78 is 24.4. The average molecular weight is 434 g/mol. The van der Waals surface area contributed by atoms with Gasteiger partial charge in [-0.25, -0.2) is 14.4 Å². The lowest BCUT2D eigenvalue weighted by atomic mass is 10.1. The Bertz CT molecular complexity index is 1190. The van der Waals surface area contributed by atoms with E-state index in [0.717, 1.165) is 17.1 Å². The molecule has 32 heavy (non-hydrogen) atoms. The molecule has 1 aromatic heterocycles. The van der Waals surface area contributed by atoms with Crippen molar-refractivity contribution >= 4 is 11.7 Å². The lowest BCUT2D eigenvalue weighted by Gasteiger charge is -2.36. The summed E-state index contributed by atoms with van der Waals surface area (Å²) in [5.74, 6) is 2.25. The third-order valence-electron chi connectivity index (χ3n) is 5.93. The second-order valence-corrected chi connectivity index (χ2v) is 7.94. The van der Waals surface area contributed by atoms with E-state index in [2.05, 4.69) is 9.88 Å². The van der Waals surface area contributed by atoms with Crippen molar-refractivity contribution in [3.63, 3.8) is 0 Å². The Morgan fingerprint density at radius 2 is 1.75 bits per heavy atom. The summed E-state index contributed by atoms with van der Waals surface area (Å²) in [6, 6.07) is 11.6. The fourth-order valence-corrected chi connectivity index (χ4v) is 4.01. The van der Waals surface area contributed by atoms with Crippen molar-refractivity contribution in [1.29, 1.82) is 0 Å². The standard InChI is InChI=1S/C24H23FN4O3/c1-15-16(2)26-22(17-4-3-5-19(25)12-17)27-23(15)28-8-10-29(11-9-28)24(30)18-6-7-20-21(13-18)32-14-31-20/h3-7,12-13H,8-11,14H2,1-2H3. The first-order valence-electron chi connectivity index (χ1n) is 10.5. The molecule has 0 saturated carbocycles. The van der Waals surface area contributed by atoms with Crippen LogP contribution in [0.2, 0.25) is 0 Å². The van der Waals surface area contributed by atoms with Gasteiger partial charge >= 0.3 is 0 Å². The van der Waals surface area contributed by atoms with E-state index in [1.807, 2.05) is 18.7 Å². The van der Waals surface area contributed by atoms with Gasteiger partial charge in [-0.2, -0.15) is 0 Å². The number of carbonyl (C=O) groups is 1. The van der Waals surface area contributed by atoms with Gasteiger partial charge in [-0.1, -0.05) is 12.1 Å². The minimum atomic E-state index is -0.318. The third-order valence-corrected chi connectivity index (χ3v) is 5.93. The fourth-order valence-electron chi connectivity index (χ4n) is 4.01. The number of anilines is 1. The van der Waals surface area contributed by atoms with E-state index < -0.39 is 0 Å². The van der Waals surface area contributed by atoms with Crippen LogP contribution in [-0.4, -0.2) is 53.7 Å². The van der Waals surface area contributed by atoms with Crippen molar-refractivity contribution in [2.45, 2.75) is 13.8 Å². The monoisotopic (exact) mass is 434 g/mol. The van der Waals surface area contributed by atoms with Gasteiger partial charge in [-0.05, 0) is 44.2 Å². The number of hydrogen-bond acceptors (Lipinski definition) is 6. The number of hydrogen-bond donors (Lipinski definition) is 0. The van der Waals surface area contributed by atoms with E-state index in [4.69, 9.17) is 14.5 Å². The first-order valence-corrected chi connectivity index (χ1v) is 10.5. The summed E-state index contributed by atoms with van der Waals surface area (Å²) in [5.41, 5.74) is 3.07. The molecule has 0 unspecified atom stereocenters. The van der Waals surface area contributed by atoms with Crippen LogP contribution in [-0.2, 0) is 0 Å². The van der Waals surface area contributed by atoms with Crippen molar-refractivity contribution in [1.82, 2.24) is 14.9 Å². The van der Waals surface area contributed by atoms with Crippen LogP contribution in [0.4, 0.5) is 10.2 Å². The summed E-state index contributed by atoms with van der Waals surface area (Å²) >= 11 is 0. The van der Waals surface area contributed by atoms with Crippen LogP contribution in [0.25, 0.3) is 11.4 Å². The van der Waals surface area contributed by atoms with Gasteiger partial charge in [-0.15, -0.1) is 0 Å². The van der Waals surface area contributed by atoms with Crippen molar-refractivity contribution < 1.29 is 18.7 Å². The van der Waals surface area contributed by atoms with Crippen molar-refractivity contribution in [3.05, 3.63) is 65.1 Å². The van der Waals surface area contributed by atoms with E-state index in [0.29, 0.717) is 54.6 Å². The number of nitrogens with zero attached hydrogens (tertiary/aromatic N) is 4. The number of ether oxygens (including phenoxy) is 2. The molecular formula is C24H23FN4O3. The molecule has 5 rings (SSSR count). The maximum atomic E-state index is 13.7. The molecular weight excluding hydrogens is 411 g/mol. The molecule has 2 aromatic carbocycles. The van der Waals surface area contributed by atoms with Crippen molar-refractivity contribution in [2.75, 3.05) is 37.9 Å². The Morgan fingerprint density at radius 3 is 2.53 bits per heavy atom. The molecule has 3 aromatic rings. The zero-order valence-electron chi connectivity index (χ0n) is 18.0. The van der Waals surface area contributed by atoms with E-state index in [-0.39, 0.29) is 18.5 Å². The lowest BCUT2D eigenvalue weighted by Crippen LogP contribution is -2.49. The highest BCUT2D eigenvalue weighted by Crippen LogP contribution is 2.33. The van der Waals surface area contributed by atoms with Crippen LogP contribution in [0.15, 0.2) is 42.5 Å². The molecule has 0 spiro atoms. The van der Waals surface area contributed by atoms with Crippen LogP contribution in [0.3, 0.4) is 0 Å². The average Bonchev–Trinajstić information content (AvgIpc) is 3.28. The topological polar surface area (TPSA) is 67.8 Å². The lowest BCUT2D eigenvalue weighted by molar-refractivity contribution is 0.0746. The Balaban J connectivity index is 1.33. The molecule has 2 aliphatic heterocycles. The molecule has 8 heteroatoms. The van der Waals surface area contributed by atoms with E-state index >= 15 is 0 Å². The molecule has 0 bridgehead atoms. The zero-order chi connectivity index (χ0) is 22.2. The maximum absolute atomic E-state index is 13.7. The predicted octanol–water partition coefficient (Wildman–Crippen LogP) is 3.59. The highest BCUT2D eigenvalue weighted by Gasteiger charge is 2.26. The molecule has 0 radical (unpaired) electrons.